The Bertz CT molecular complexity index is 1300. The maximum absolute atomic E-state index is 14.0. The normalized spacial score (nSPS) is 11.5. The van der Waals surface area contributed by atoms with Crippen LogP contribution >= 0.6 is 22.9 Å². The van der Waals surface area contributed by atoms with E-state index >= 15 is 0 Å². The zero-order valence-corrected chi connectivity index (χ0v) is 21.0. The van der Waals surface area contributed by atoms with Crippen molar-refractivity contribution in [2.75, 3.05) is 38.2 Å². The summed E-state index contributed by atoms with van der Waals surface area (Å²) < 4.78 is 6.60. The Morgan fingerprint density at radius 3 is 2.42 bits per heavy atom. The summed E-state index contributed by atoms with van der Waals surface area (Å²) in [6, 6.07) is 15.6. The zero-order valence-electron chi connectivity index (χ0n) is 19.4. The number of rotatable bonds is 8. The van der Waals surface area contributed by atoms with Gasteiger partial charge in [0, 0.05) is 18.1 Å². The Balaban J connectivity index is 1.80. The number of hydrogen-bond acceptors (Lipinski definition) is 5. The van der Waals surface area contributed by atoms with Crippen molar-refractivity contribution < 1.29 is 9.53 Å². The summed E-state index contributed by atoms with van der Waals surface area (Å²) in [5, 5.41) is 3.37. The lowest BCUT2D eigenvalue weighted by Crippen LogP contribution is -2.39. The van der Waals surface area contributed by atoms with E-state index in [1.807, 2.05) is 55.5 Å². The van der Waals surface area contributed by atoms with Crippen LogP contribution in [0.2, 0.25) is 5.02 Å². The minimum absolute atomic E-state index is 0.118. The molecular formula is C26H28ClN3O2S. The molecule has 0 radical (unpaired) electrons. The van der Waals surface area contributed by atoms with Gasteiger partial charge in [-0.3, -0.25) is 9.69 Å². The standard InChI is InChI=1S/C26H28ClN3O2S/c1-5-29(6-2)11-12-30(26-28-24-17(3)13-20(27)16-23(24)33-26)25(31)21-14-18-9-7-8-10-19(18)15-22(21)32-4/h7-10,13-16H,5-6,11-12H2,1-4H3. The highest BCUT2D eigenvalue weighted by Gasteiger charge is 2.25. The lowest BCUT2D eigenvalue weighted by Gasteiger charge is -2.25. The van der Waals surface area contributed by atoms with Crippen molar-refractivity contribution >= 4 is 55.0 Å². The SMILES string of the molecule is CCN(CC)CCN(C(=O)c1cc2ccccc2cc1OC)c1nc2c(C)cc(Cl)cc2s1. The summed E-state index contributed by atoms with van der Waals surface area (Å²) in [5.74, 6) is 0.444. The number of benzene rings is 3. The Kier molecular flexibility index (Phi) is 7.17. The fourth-order valence-corrected chi connectivity index (χ4v) is 5.47. The number of aromatic nitrogens is 1. The van der Waals surface area contributed by atoms with Gasteiger partial charge >= 0.3 is 0 Å². The van der Waals surface area contributed by atoms with E-state index < -0.39 is 0 Å². The van der Waals surface area contributed by atoms with Crippen LogP contribution in [0.5, 0.6) is 5.75 Å². The largest absolute Gasteiger partial charge is 0.496 e. The first-order chi connectivity index (χ1) is 15.9. The van der Waals surface area contributed by atoms with Crippen LogP contribution in [0.1, 0.15) is 29.8 Å². The fraction of sp³-hybridized carbons (Fsp3) is 0.308. The highest BCUT2D eigenvalue weighted by Crippen LogP contribution is 2.35. The summed E-state index contributed by atoms with van der Waals surface area (Å²) in [4.78, 5) is 22.9. The van der Waals surface area contributed by atoms with E-state index in [0.717, 1.165) is 46.2 Å². The maximum Gasteiger partial charge on any atom is 0.263 e. The lowest BCUT2D eigenvalue weighted by molar-refractivity contribution is 0.0981. The van der Waals surface area contributed by atoms with E-state index in [1.54, 1.807) is 12.0 Å². The van der Waals surface area contributed by atoms with E-state index in [9.17, 15) is 4.79 Å². The molecule has 0 fully saturated rings. The van der Waals surface area contributed by atoms with Gasteiger partial charge in [-0.1, -0.05) is 61.1 Å². The van der Waals surface area contributed by atoms with Crippen LogP contribution in [0.15, 0.2) is 48.5 Å². The number of likely N-dealkylation sites (N-methyl/N-ethyl adjacent to an activating group) is 1. The van der Waals surface area contributed by atoms with Gasteiger partial charge in [0.2, 0.25) is 0 Å². The molecule has 0 bridgehead atoms. The van der Waals surface area contributed by atoms with Gasteiger partial charge in [-0.2, -0.15) is 0 Å². The number of hydrogen-bond donors (Lipinski definition) is 0. The third-order valence-electron chi connectivity index (χ3n) is 5.95. The van der Waals surface area contributed by atoms with Crippen molar-refractivity contribution in [3.05, 3.63) is 64.7 Å². The van der Waals surface area contributed by atoms with Crippen LogP contribution in [-0.2, 0) is 0 Å². The molecule has 172 valence electrons. The van der Waals surface area contributed by atoms with Crippen LogP contribution < -0.4 is 9.64 Å². The molecule has 1 amide bonds. The van der Waals surface area contributed by atoms with Crippen LogP contribution in [-0.4, -0.2) is 49.1 Å². The van der Waals surface area contributed by atoms with Gasteiger partial charge in [0.1, 0.15) is 5.75 Å². The first kappa shape index (κ1) is 23.5. The van der Waals surface area contributed by atoms with Gasteiger partial charge in [-0.15, -0.1) is 0 Å². The molecule has 0 aliphatic rings. The molecule has 0 aliphatic carbocycles. The quantitative estimate of drug-likeness (QED) is 0.292. The summed E-state index contributed by atoms with van der Waals surface area (Å²) in [6.07, 6.45) is 0. The van der Waals surface area contributed by atoms with Crippen molar-refractivity contribution in [1.82, 2.24) is 9.88 Å². The van der Waals surface area contributed by atoms with E-state index in [0.29, 0.717) is 28.0 Å². The van der Waals surface area contributed by atoms with Gasteiger partial charge in [0.25, 0.3) is 5.91 Å². The minimum atomic E-state index is -0.118. The first-order valence-electron chi connectivity index (χ1n) is 11.1. The highest BCUT2D eigenvalue weighted by atomic mass is 35.5. The number of anilines is 1. The Morgan fingerprint density at radius 2 is 1.76 bits per heavy atom. The fourth-order valence-electron chi connectivity index (χ4n) is 4.02. The third-order valence-corrected chi connectivity index (χ3v) is 7.19. The van der Waals surface area contributed by atoms with E-state index in [2.05, 4.69) is 18.7 Å². The van der Waals surface area contributed by atoms with Crippen molar-refractivity contribution in [2.45, 2.75) is 20.8 Å². The second kappa shape index (κ2) is 10.1. The number of nitrogens with zero attached hydrogens (tertiary/aromatic N) is 3. The number of thiazole rings is 1. The molecule has 5 nitrogen and oxygen atoms in total. The van der Waals surface area contributed by atoms with Crippen molar-refractivity contribution in [3.8, 4) is 5.75 Å². The second-order valence-electron chi connectivity index (χ2n) is 7.95. The van der Waals surface area contributed by atoms with E-state index in [1.165, 1.54) is 11.3 Å². The molecule has 4 rings (SSSR count). The molecule has 0 spiro atoms. The average molecular weight is 482 g/mol. The van der Waals surface area contributed by atoms with E-state index in [-0.39, 0.29) is 5.91 Å². The third kappa shape index (κ3) is 4.83. The Hall–Kier alpha value is -2.67. The van der Waals surface area contributed by atoms with Gasteiger partial charge in [0.15, 0.2) is 5.13 Å². The topological polar surface area (TPSA) is 45.7 Å². The van der Waals surface area contributed by atoms with Gasteiger partial charge < -0.3 is 9.64 Å². The van der Waals surface area contributed by atoms with Crippen LogP contribution in [0.4, 0.5) is 5.13 Å². The number of methoxy groups -OCH3 is 1. The smallest absolute Gasteiger partial charge is 0.263 e. The Morgan fingerprint density at radius 1 is 1.06 bits per heavy atom. The number of halogens is 1. The first-order valence-corrected chi connectivity index (χ1v) is 12.3. The average Bonchev–Trinajstić information content (AvgIpc) is 3.24. The molecular weight excluding hydrogens is 454 g/mol. The molecule has 4 aromatic rings. The zero-order chi connectivity index (χ0) is 23.5. The van der Waals surface area contributed by atoms with Crippen molar-refractivity contribution in [1.29, 1.82) is 0 Å². The van der Waals surface area contributed by atoms with E-state index in [4.69, 9.17) is 21.3 Å². The molecule has 1 aromatic heterocycles. The number of amides is 1. The monoisotopic (exact) mass is 481 g/mol. The second-order valence-corrected chi connectivity index (χ2v) is 9.39. The van der Waals surface area contributed by atoms with Crippen LogP contribution in [0.25, 0.3) is 21.0 Å². The molecule has 3 aromatic carbocycles. The molecule has 0 N–H and O–H groups in total. The number of carbonyl (C=O) groups is 1. The van der Waals surface area contributed by atoms with Crippen molar-refractivity contribution in [3.63, 3.8) is 0 Å². The number of carbonyl (C=O) groups excluding carboxylic acids is 1. The molecule has 33 heavy (non-hydrogen) atoms. The van der Waals surface area contributed by atoms with Gasteiger partial charge in [-0.05, 0) is 60.6 Å². The van der Waals surface area contributed by atoms with Crippen LogP contribution in [0.3, 0.4) is 0 Å². The number of aryl methyl sites for hydroxylation is 1. The lowest BCUT2D eigenvalue weighted by atomic mass is 10.0. The summed E-state index contributed by atoms with van der Waals surface area (Å²) in [6.45, 7) is 9.38. The maximum atomic E-state index is 14.0. The summed E-state index contributed by atoms with van der Waals surface area (Å²) >= 11 is 7.77. The number of fused-ring (bicyclic) bond motifs is 2. The molecule has 1 heterocycles. The molecule has 0 aliphatic heterocycles. The molecule has 0 unspecified atom stereocenters. The highest BCUT2D eigenvalue weighted by molar-refractivity contribution is 7.22. The molecule has 0 saturated carbocycles. The van der Waals surface area contributed by atoms with Gasteiger partial charge in [0.05, 0.1) is 22.9 Å². The summed E-state index contributed by atoms with van der Waals surface area (Å²) in [7, 11) is 1.60. The molecule has 0 saturated heterocycles. The minimum Gasteiger partial charge on any atom is -0.496 e. The molecule has 7 heteroatoms. The van der Waals surface area contributed by atoms with Crippen LogP contribution in [0, 0.1) is 6.92 Å². The van der Waals surface area contributed by atoms with Crippen molar-refractivity contribution in [2.24, 2.45) is 0 Å². The predicted octanol–water partition coefficient (Wildman–Crippen LogP) is 6.41. The summed E-state index contributed by atoms with van der Waals surface area (Å²) in [5.41, 5.74) is 2.41. The molecule has 0 atom stereocenters. The number of ether oxygens (including phenoxy) is 1. The predicted molar refractivity (Wildman–Crippen MR) is 139 cm³/mol. The Labute approximate surface area is 203 Å². The van der Waals surface area contributed by atoms with Gasteiger partial charge in [-0.25, -0.2) is 4.98 Å².